The maximum Gasteiger partial charge on any atom is 0.307 e. The van der Waals surface area contributed by atoms with Crippen molar-refractivity contribution in [1.82, 2.24) is 4.98 Å². The molecule has 0 saturated heterocycles. The molecule has 0 aliphatic carbocycles. The summed E-state index contributed by atoms with van der Waals surface area (Å²) in [7, 11) is 1.79. The molecule has 0 unspecified atom stereocenters. The lowest BCUT2D eigenvalue weighted by Crippen LogP contribution is -2.20. The zero-order valence-electron chi connectivity index (χ0n) is 17.5. The Kier molecular flexibility index (Phi) is 4.99. The summed E-state index contributed by atoms with van der Waals surface area (Å²) in [5, 5.41) is 11.0. The van der Waals surface area contributed by atoms with Crippen LogP contribution in [0.15, 0.2) is 48.5 Å². The van der Waals surface area contributed by atoms with Gasteiger partial charge in [-0.15, -0.1) is 11.3 Å². The second-order valence-electron chi connectivity index (χ2n) is 7.96. The number of carboxylic acids is 1. The van der Waals surface area contributed by atoms with Crippen LogP contribution in [0.25, 0.3) is 31.9 Å². The van der Waals surface area contributed by atoms with Gasteiger partial charge in [0.05, 0.1) is 23.1 Å². The lowest BCUT2D eigenvalue weighted by Gasteiger charge is -2.13. The number of hydrogen-bond donors (Lipinski definition) is 1. The molecule has 7 heteroatoms. The maximum absolute atomic E-state index is 12.1. The molecule has 1 aliphatic rings. The molecule has 1 aromatic heterocycles. The summed E-state index contributed by atoms with van der Waals surface area (Å²) in [6, 6.07) is 15.4. The van der Waals surface area contributed by atoms with Crippen LogP contribution in [0.1, 0.15) is 16.7 Å². The summed E-state index contributed by atoms with van der Waals surface area (Å²) in [6.07, 6.45) is 0.322. The number of aryl methyl sites for hydroxylation is 1. The van der Waals surface area contributed by atoms with Crippen LogP contribution in [0.5, 0.6) is 0 Å². The van der Waals surface area contributed by atoms with E-state index in [0.717, 1.165) is 54.3 Å². The van der Waals surface area contributed by atoms with Crippen molar-refractivity contribution in [3.05, 3.63) is 70.2 Å². The number of aliphatic carboxylic acids is 1. The number of likely N-dealkylation sites (N-methyl/N-ethyl adjacent to an activating group) is 1. The molecule has 160 valence electrons. The first-order valence-electron chi connectivity index (χ1n) is 10.1. The average Bonchev–Trinajstić information content (AvgIpc) is 3.29. The molecule has 0 radical (unpaired) electrons. The van der Waals surface area contributed by atoms with Gasteiger partial charge in [0.2, 0.25) is 5.91 Å². The molecule has 0 bridgehead atoms. The van der Waals surface area contributed by atoms with Crippen molar-refractivity contribution >= 4 is 50.7 Å². The van der Waals surface area contributed by atoms with Crippen LogP contribution in [0.2, 0.25) is 5.02 Å². The van der Waals surface area contributed by atoms with Crippen molar-refractivity contribution < 1.29 is 14.7 Å². The summed E-state index contributed by atoms with van der Waals surface area (Å²) in [5.41, 5.74) is 7.18. The number of hydrogen-bond acceptors (Lipinski definition) is 4. The molecule has 32 heavy (non-hydrogen) atoms. The quantitative estimate of drug-likeness (QED) is 0.420. The molecule has 5 nitrogen and oxygen atoms in total. The highest BCUT2D eigenvalue weighted by Gasteiger charge is 2.25. The number of anilines is 1. The third-order valence-electron chi connectivity index (χ3n) is 5.88. The fourth-order valence-corrected chi connectivity index (χ4v) is 5.52. The van der Waals surface area contributed by atoms with Gasteiger partial charge in [-0.1, -0.05) is 23.7 Å². The van der Waals surface area contributed by atoms with E-state index in [1.165, 1.54) is 11.3 Å². The monoisotopic (exact) mass is 462 g/mol. The van der Waals surface area contributed by atoms with E-state index in [0.29, 0.717) is 11.4 Å². The lowest BCUT2D eigenvalue weighted by atomic mass is 9.93. The molecule has 3 aromatic carbocycles. The Morgan fingerprint density at radius 1 is 1.16 bits per heavy atom. The summed E-state index contributed by atoms with van der Waals surface area (Å²) in [6.45, 7) is 1.92. The third-order valence-corrected chi connectivity index (χ3v) is 7.27. The Hall–Kier alpha value is -3.22. The molecule has 5 rings (SSSR count). The molecule has 0 spiro atoms. The first kappa shape index (κ1) is 20.7. The zero-order valence-corrected chi connectivity index (χ0v) is 19.0. The van der Waals surface area contributed by atoms with Gasteiger partial charge in [0.1, 0.15) is 5.01 Å². The van der Waals surface area contributed by atoms with Gasteiger partial charge >= 0.3 is 5.97 Å². The Bertz CT molecular complexity index is 1410. The van der Waals surface area contributed by atoms with Crippen molar-refractivity contribution in [2.24, 2.45) is 0 Å². The fourth-order valence-electron chi connectivity index (χ4n) is 4.26. The molecule has 0 atom stereocenters. The van der Waals surface area contributed by atoms with Gasteiger partial charge in [-0.2, -0.15) is 0 Å². The highest BCUT2D eigenvalue weighted by atomic mass is 35.5. The van der Waals surface area contributed by atoms with E-state index in [1.54, 1.807) is 11.9 Å². The number of carboxylic acid groups (broad SMARTS) is 1. The van der Waals surface area contributed by atoms with Gasteiger partial charge < -0.3 is 10.0 Å². The van der Waals surface area contributed by atoms with Crippen LogP contribution >= 0.6 is 22.9 Å². The molecule has 1 amide bonds. The number of nitrogens with zero attached hydrogens (tertiary/aromatic N) is 2. The van der Waals surface area contributed by atoms with E-state index in [9.17, 15) is 14.7 Å². The number of carbonyl (C=O) groups is 2. The highest BCUT2D eigenvalue weighted by molar-refractivity contribution is 7.22. The van der Waals surface area contributed by atoms with Crippen LogP contribution in [0.4, 0.5) is 5.69 Å². The number of fused-ring (bicyclic) bond motifs is 2. The normalized spacial score (nSPS) is 13.1. The standard InChI is InChI=1S/C25H19ClN2O3S/c1-13-9-19-24(23(18(13)12-22(30)31)14-3-6-17(26)7-4-14)32-25(27-19)15-5-8-20-16(10-15)11-21(29)28(20)2/h3-10H,11-12H2,1-2H3,(H,30,31). The van der Waals surface area contributed by atoms with Crippen LogP contribution < -0.4 is 4.90 Å². The average molecular weight is 463 g/mol. The van der Waals surface area contributed by atoms with Crippen molar-refractivity contribution in [2.45, 2.75) is 19.8 Å². The second kappa shape index (κ2) is 7.73. The Balaban J connectivity index is 1.71. The van der Waals surface area contributed by atoms with Gasteiger partial charge in [0.25, 0.3) is 0 Å². The molecule has 2 heterocycles. The number of aromatic nitrogens is 1. The van der Waals surface area contributed by atoms with Gasteiger partial charge in [0, 0.05) is 28.9 Å². The van der Waals surface area contributed by atoms with Gasteiger partial charge in [-0.25, -0.2) is 4.98 Å². The summed E-state index contributed by atoms with van der Waals surface area (Å²) < 4.78 is 0.942. The molecular formula is C25H19ClN2O3S. The van der Waals surface area contributed by atoms with Crippen molar-refractivity contribution in [3.63, 3.8) is 0 Å². The summed E-state index contributed by atoms with van der Waals surface area (Å²) in [5.74, 6) is -0.791. The third kappa shape index (κ3) is 3.45. The van der Waals surface area contributed by atoms with E-state index in [1.807, 2.05) is 55.5 Å². The summed E-state index contributed by atoms with van der Waals surface area (Å²) in [4.78, 5) is 30.2. The number of benzene rings is 3. The van der Waals surface area contributed by atoms with Crippen molar-refractivity contribution in [2.75, 3.05) is 11.9 Å². The van der Waals surface area contributed by atoms with Crippen LogP contribution in [0, 0.1) is 6.92 Å². The summed E-state index contributed by atoms with van der Waals surface area (Å²) >= 11 is 7.63. The smallest absolute Gasteiger partial charge is 0.307 e. The molecule has 4 aromatic rings. The van der Waals surface area contributed by atoms with Crippen molar-refractivity contribution in [3.8, 4) is 21.7 Å². The Labute approximate surface area is 193 Å². The maximum atomic E-state index is 12.1. The molecular weight excluding hydrogens is 444 g/mol. The van der Waals surface area contributed by atoms with E-state index in [-0.39, 0.29) is 12.3 Å². The predicted molar refractivity (Wildman–Crippen MR) is 129 cm³/mol. The minimum Gasteiger partial charge on any atom is -0.481 e. The van der Waals surface area contributed by atoms with E-state index < -0.39 is 5.97 Å². The Morgan fingerprint density at radius 3 is 2.59 bits per heavy atom. The SMILES string of the molecule is Cc1cc2nc(-c3ccc4c(c3)CC(=O)N4C)sc2c(-c2ccc(Cl)cc2)c1CC(=O)O. The van der Waals surface area contributed by atoms with Crippen LogP contribution in [-0.4, -0.2) is 29.0 Å². The number of halogens is 1. The minimum absolute atomic E-state index is 0.0692. The topological polar surface area (TPSA) is 70.5 Å². The molecule has 1 N–H and O–H groups in total. The van der Waals surface area contributed by atoms with Crippen LogP contribution in [-0.2, 0) is 22.4 Å². The predicted octanol–water partition coefficient (Wildman–Crippen LogP) is 5.74. The number of thiazole rings is 1. The van der Waals surface area contributed by atoms with E-state index in [4.69, 9.17) is 16.6 Å². The van der Waals surface area contributed by atoms with E-state index >= 15 is 0 Å². The van der Waals surface area contributed by atoms with Crippen molar-refractivity contribution in [1.29, 1.82) is 0 Å². The van der Waals surface area contributed by atoms with Gasteiger partial charge in [0.15, 0.2) is 0 Å². The molecule has 0 saturated carbocycles. The number of carbonyl (C=O) groups excluding carboxylic acids is 1. The number of rotatable bonds is 4. The molecule has 1 aliphatic heterocycles. The number of amides is 1. The minimum atomic E-state index is -0.875. The fraction of sp³-hybridized carbons (Fsp3) is 0.160. The molecule has 0 fully saturated rings. The largest absolute Gasteiger partial charge is 0.481 e. The van der Waals surface area contributed by atoms with Gasteiger partial charge in [-0.05, 0) is 65.6 Å². The Morgan fingerprint density at radius 2 is 1.88 bits per heavy atom. The second-order valence-corrected chi connectivity index (χ2v) is 9.40. The van der Waals surface area contributed by atoms with Crippen LogP contribution in [0.3, 0.4) is 0 Å². The highest BCUT2D eigenvalue weighted by Crippen LogP contribution is 2.42. The van der Waals surface area contributed by atoms with E-state index in [2.05, 4.69) is 0 Å². The first-order chi connectivity index (χ1) is 15.3. The zero-order chi connectivity index (χ0) is 22.6. The lowest BCUT2D eigenvalue weighted by molar-refractivity contribution is -0.136. The first-order valence-corrected chi connectivity index (χ1v) is 11.3. The van der Waals surface area contributed by atoms with Gasteiger partial charge in [-0.3, -0.25) is 9.59 Å².